The van der Waals surface area contributed by atoms with Gasteiger partial charge in [0.2, 0.25) is 11.8 Å². The molecule has 0 bridgehead atoms. The van der Waals surface area contributed by atoms with Crippen molar-refractivity contribution in [1.29, 1.82) is 0 Å². The topological polar surface area (TPSA) is 375 Å². The summed E-state index contributed by atoms with van der Waals surface area (Å²) in [5.41, 5.74) is 0. The van der Waals surface area contributed by atoms with Crippen LogP contribution in [0.2, 0.25) is 0 Å². The highest BCUT2D eigenvalue weighted by atomic mass is 16.8. The van der Waals surface area contributed by atoms with Gasteiger partial charge in [-0.1, -0.05) is 0 Å². The standard InChI is InChI=1S/C25H44N2O20/c1-8(33)26-9(3-28)16(38)20(12(36)5-30)45-23-19(41)22(18(40)13(6-31)44-23)47-25(24(42)43)2-10(34)15(27-14(37)7-32)21(46-25)17(39)11(35)4-29/h9-13,15-23,28-32,34-36,38-41H,2-7H2,1H3,(H,26,33)(H,27,37)(H,42,43)/t9-,10-,11+,12+,13+,15+,16+,17+,18-,19+,20+,21+,22-,23-,25-/m0/s1. The van der Waals surface area contributed by atoms with E-state index in [1.54, 1.807) is 0 Å². The van der Waals surface area contributed by atoms with Crippen molar-refractivity contribution in [2.24, 2.45) is 0 Å². The maximum atomic E-state index is 12.6. The third-order valence-corrected chi connectivity index (χ3v) is 7.63. The zero-order valence-electron chi connectivity index (χ0n) is 25.0. The van der Waals surface area contributed by atoms with Crippen molar-refractivity contribution in [2.45, 2.75) is 105 Å². The van der Waals surface area contributed by atoms with Crippen LogP contribution in [0.15, 0.2) is 0 Å². The minimum Gasteiger partial charge on any atom is -0.477 e. The number of ether oxygens (including phenoxy) is 4. The zero-order valence-corrected chi connectivity index (χ0v) is 25.0. The molecule has 274 valence electrons. The molecule has 22 nitrogen and oxygen atoms in total. The van der Waals surface area contributed by atoms with Crippen molar-refractivity contribution < 1.29 is 99.7 Å². The molecule has 0 aromatic carbocycles. The second-order valence-corrected chi connectivity index (χ2v) is 11.0. The van der Waals surface area contributed by atoms with E-state index in [4.69, 9.17) is 24.1 Å². The third-order valence-electron chi connectivity index (χ3n) is 7.63. The molecule has 15 N–H and O–H groups in total. The number of aliphatic hydroxyl groups excluding tert-OH is 12. The Morgan fingerprint density at radius 1 is 0.936 bits per heavy atom. The van der Waals surface area contributed by atoms with Gasteiger partial charge in [-0.3, -0.25) is 9.59 Å². The van der Waals surface area contributed by atoms with E-state index in [9.17, 15) is 75.7 Å². The number of aliphatic hydroxyl groups is 12. The van der Waals surface area contributed by atoms with E-state index in [1.807, 2.05) is 0 Å². The monoisotopic (exact) mass is 692 g/mol. The Morgan fingerprint density at radius 2 is 1.55 bits per heavy atom. The van der Waals surface area contributed by atoms with E-state index in [0.717, 1.165) is 6.92 Å². The summed E-state index contributed by atoms with van der Waals surface area (Å²) in [6.07, 6.45) is -25.9. The first kappa shape index (κ1) is 40.9. The van der Waals surface area contributed by atoms with E-state index in [-0.39, 0.29) is 0 Å². The number of hydrogen-bond acceptors (Lipinski definition) is 19. The number of amides is 2. The van der Waals surface area contributed by atoms with Crippen molar-refractivity contribution in [3.63, 3.8) is 0 Å². The Morgan fingerprint density at radius 3 is 2.04 bits per heavy atom. The maximum Gasteiger partial charge on any atom is 0.364 e. The molecule has 0 spiro atoms. The molecule has 15 atom stereocenters. The molecule has 22 heteroatoms. The van der Waals surface area contributed by atoms with Crippen LogP contribution >= 0.6 is 0 Å². The van der Waals surface area contributed by atoms with Crippen LogP contribution in [-0.4, -0.2) is 209 Å². The van der Waals surface area contributed by atoms with Crippen LogP contribution in [0.1, 0.15) is 13.3 Å². The van der Waals surface area contributed by atoms with Crippen LogP contribution < -0.4 is 10.6 Å². The van der Waals surface area contributed by atoms with Gasteiger partial charge in [-0.05, 0) is 0 Å². The lowest BCUT2D eigenvalue weighted by Crippen LogP contribution is -2.71. The van der Waals surface area contributed by atoms with Gasteiger partial charge in [0.25, 0.3) is 5.79 Å². The fourth-order valence-corrected chi connectivity index (χ4v) is 5.16. The van der Waals surface area contributed by atoms with Crippen molar-refractivity contribution in [3.8, 4) is 0 Å². The molecule has 0 aromatic heterocycles. The van der Waals surface area contributed by atoms with Gasteiger partial charge in [-0.2, -0.15) is 0 Å². The lowest BCUT2D eigenvalue weighted by atomic mass is 9.88. The zero-order chi connectivity index (χ0) is 35.8. The average Bonchev–Trinajstić information content (AvgIpc) is 3.04. The number of carboxylic acids is 1. The number of hydrogen-bond donors (Lipinski definition) is 15. The molecule has 2 aliphatic heterocycles. The normalized spacial score (nSPS) is 35.2. The molecular weight excluding hydrogens is 648 g/mol. The second-order valence-electron chi connectivity index (χ2n) is 11.0. The average molecular weight is 693 g/mol. The van der Waals surface area contributed by atoms with Gasteiger partial charge < -0.3 is 96.0 Å². The first-order valence-electron chi connectivity index (χ1n) is 14.3. The Balaban J connectivity index is 2.51. The number of nitrogens with one attached hydrogen (secondary N) is 2. The minimum absolute atomic E-state index is 0.729. The molecule has 47 heavy (non-hydrogen) atoms. The second kappa shape index (κ2) is 18.0. The van der Waals surface area contributed by atoms with Gasteiger partial charge in [-0.15, -0.1) is 0 Å². The molecule has 2 heterocycles. The van der Waals surface area contributed by atoms with Gasteiger partial charge >= 0.3 is 5.97 Å². The number of carbonyl (C=O) groups is 3. The highest BCUT2D eigenvalue weighted by Crippen LogP contribution is 2.37. The van der Waals surface area contributed by atoms with Crippen LogP contribution in [0, 0.1) is 0 Å². The maximum absolute atomic E-state index is 12.6. The fraction of sp³-hybridized carbons (Fsp3) is 0.880. The third kappa shape index (κ3) is 9.69. The van der Waals surface area contributed by atoms with Gasteiger partial charge in [0.1, 0.15) is 67.6 Å². The van der Waals surface area contributed by atoms with E-state index in [2.05, 4.69) is 10.6 Å². The molecule has 0 radical (unpaired) electrons. The van der Waals surface area contributed by atoms with E-state index in [0.29, 0.717) is 0 Å². The SMILES string of the molecule is CC(=O)N[C@@H](CO)[C@@H](O)[C@H](O[C@@H]1O[C@H](CO)[C@H](O)[C@H](O[C@]2(C(=O)O)C[C@H](O)[C@@H](NC(=O)CO)[C@H]([C@H](O)[C@H](O)CO)O2)[C@H]1O)[C@H](O)CO. The van der Waals surface area contributed by atoms with Crippen molar-refractivity contribution in [3.05, 3.63) is 0 Å². The van der Waals surface area contributed by atoms with E-state index < -0.39 is 149 Å². The van der Waals surface area contributed by atoms with Crippen molar-refractivity contribution in [2.75, 3.05) is 33.0 Å². The molecule has 2 amide bonds. The van der Waals surface area contributed by atoms with Crippen molar-refractivity contribution >= 4 is 17.8 Å². The summed E-state index contributed by atoms with van der Waals surface area (Å²) in [5.74, 6) is -7.03. The highest BCUT2D eigenvalue weighted by molar-refractivity contribution is 5.78. The molecule has 0 aromatic rings. The summed E-state index contributed by atoms with van der Waals surface area (Å²) >= 11 is 0. The minimum atomic E-state index is -3.13. The number of aliphatic carboxylic acids is 1. The van der Waals surface area contributed by atoms with Crippen LogP contribution in [0.4, 0.5) is 0 Å². The highest BCUT2D eigenvalue weighted by Gasteiger charge is 2.59. The molecule has 0 unspecified atom stereocenters. The molecule has 2 aliphatic rings. The Hall–Kier alpha value is -2.23. The molecular formula is C25H44N2O20. The summed E-state index contributed by atoms with van der Waals surface area (Å²) < 4.78 is 21.8. The van der Waals surface area contributed by atoms with E-state index in [1.165, 1.54) is 0 Å². The van der Waals surface area contributed by atoms with E-state index >= 15 is 0 Å². The van der Waals surface area contributed by atoms with Crippen molar-refractivity contribution in [1.82, 2.24) is 10.6 Å². The lowest BCUT2D eigenvalue weighted by molar-refractivity contribution is -0.376. The molecule has 0 aliphatic carbocycles. The Bertz CT molecular complexity index is 1030. The summed E-state index contributed by atoms with van der Waals surface area (Å²) in [5, 5.41) is 137. The van der Waals surface area contributed by atoms with Gasteiger partial charge in [0.15, 0.2) is 6.29 Å². The lowest BCUT2D eigenvalue weighted by Gasteiger charge is -2.50. The molecule has 2 rings (SSSR count). The summed E-state index contributed by atoms with van der Waals surface area (Å²) in [6, 6.07) is -3.23. The van der Waals surface area contributed by atoms with Crippen LogP contribution in [0.25, 0.3) is 0 Å². The first-order chi connectivity index (χ1) is 22.0. The Labute approximate surface area is 266 Å². The van der Waals surface area contributed by atoms with Gasteiger partial charge in [0, 0.05) is 13.3 Å². The van der Waals surface area contributed by atoms with Gasteiger partial charge in [0.05, 0.1) is 44.6 Å². The number of carbonyl (C=O) groups excluding carboxylic acids is 2. The summed E-state index contributed by atoms with van der Waals surface area (Å²) in [6.45, 7) is -4.23. The largest absolute Gasteiger partial charge is 0.477 e. The number of carboxylic acid groups (broad SMARTS) is 1. The summed E-state index contributed by atoms with van der Waals surface area (Å²) in [7, 11) is 0. The quantitative estimate of drug-likeness (QED) is 0.0672. The molecule has 0 saturated carbocycles. The smallest absolute Gasteiger partial charge is 0.364 e. The first-order valence-corrected chi connectivity index (χ1v) is 14.3. The number of rotatable bonds is 17. The van der Waals surface area contributed by atoms with Crippen LogP contribution in [0.3, 0.4) is 0 Å². The fourth-order valence-electron chi connectivity index (χ4n) is 5.16. The van der Waals surface area contributed by atoms with Crippen LogP contribution in [-0.2, 0) is 33.3 Å². The molecule has 2 fully saturated rings. The predicted molar refractivity (Wildman–Crippen MR) is 145 cm³/mol. The predicted octanol–water partition coefficient (Wildman–Crippen LogP) is -9.47. The van der Waals surface area contributed by atoms with Gasteiger partial charge in [-0.25, -0.2) is 4.79 Å². The Kier molecular flexibility index (Phi) is 15.6. The van der Waals surface area contributed by atoms with Crippen LogP contribution in [0.5, 0.6) is 0 Å². The molecule has 2 saturated heterocycles. The summed E-state index contributed by atoms with van der Waals surface area (Å²) in [4.78, 5) is 36.0.